The molecule has 0 saturated heterocycles. The number of aliphatic hydroxyl groups is 1. The second kappa shape index (κ2) is 4.90. The Hall–Kier alpha value is -2.88. The van der Waals surface area contributed by atoms with Gasteiger partial charge in [-0.1, -0.05) is 42.5 Å². The van der Waals surface area contributed by atoms with E-state index in [0.29, 0.717) is 11.3 Å². The molecule has 0 spiro atoms. The first-order valence-electron chi connectivity index (χ1n) is 6.53. The molecule has 1 N–H and O–H groups in total. The minimum atomic E-state index is -0.690. The topological polar surface area (TPSA) is 57.6 Å². The van der Waals surface area contributed by atoms with Gasteiger partial charge in [0, 0.05) is 0 Å². The van der Waals surface area contributed by atoms with Gasteiger partial charge in [-0.25, -0.2) is 4.90 Å². The van der Waals surface area contributed by atoms with Crippen molar-refractivity contribution in [3.05, 3.63) is 71.5 Å². The Bertz CT molecular complexity index is 763. The molecule has 0 aliphatic carbocycles. The molecule has 1 aliphatic heterocycles. The summed E-state index contributed by atoms with van der Waals surface area (Å²) in [7, 11) is 0. The van der Waals surface area contributed by atoms with Crippen molar-refractivity contribution in [3.8, 4) is 0 Å². The predicted octanol–water partition coefficient (Wildman–Crippen LogP) is 2.84. The molecule has 2 aromatic carbocycles. The van der Waals surface area contributed by atoms with Crippen LogP contribution in [0.2, 0.25) is 0 Å². The predicted molar refractivity (Wildman–Crippen MR) is 79.7 cm³/mol. The van der Waals surface area contributed by atoms with E-state index in [2.05, 4.69) is 0 Å². The Balaban J connectivity index is 2.07. The van der Waals surface area contributed by atoms with Crippen LogP contribution >= 0.6 is 0 Å². The summed E-state index contributed by atoms with van der Waals surface area (Å²) in [6, 6.07) is 15.7. The molecule has 0 atom stereocenters. The number of aliphatic hydroxyl groups excluding tert-OH is 1. The Morgan fingerprint density at radius 3 is 2.29 bits per heavy atom. The molecule has 0 bridgehead atoms. The van der Waals surface area contributed by atoms with Crippen molar-refractivity contribution in [2.75, 3.05) is 4.90 Å². The zero-order chi connectivity index (χ0) is 15.0. The molecule has 0 unspecified atom stereocenters. The maximum Gasteiger partial charge on any atom is 0.301 e. The zero-order valence-electron chi connectivity index (χ0n) is 11.4. The molecule has 3 rings (SSSR count). The fraction of sp³-hybridized carbons (Fsp3) is 0.0588. The normalized spacial score (nSPS) is 15.0. The molecular weight excluding hydrogens is 266 g/mol. The standard InChI is InChI=1S/C17H13NO3/c1-11-6-5-9-13(10-11)18-16(20)14(15(19)17(18)21)12-7-3-2-4-8-12/h2-10,19H,1H3. The number of rotatable bonds is 2. The highest BCUT2D eigenvalue weighted by molar-refractivity contribution is 6.44. The molecular formula is C17H13NO3. The number of hydrogen-bond acceptors (Lipinski definition) is 3. The molecule has 4 heteroatoms. The zero-order valence-corrected chi connectivity index (χ0v) is 11.4. The number of aryl methyl sites for hydroxylation is 1. The summed E-state index contributed by atoms with van der Waals surface area (Å²) in [6.07, 6.45) is 0. The summed E-state index contributed by atoms with van der Waals surface area (Å²) in [5.74, 6) is -1.70. The number of anilines is 1. The van der Waals surface area contributed by atoms with Crippen LogP contribution in [0.5, 0.6) is 0 Å². The van der Waals surface area contributed by atoms with Crippen molar-refractivity contribution >= 4 is 23.1 Å². The van der Waals surface area contributed by atoms with Crippen LogP contribution in [0.15, 0.2) is 60.4 Å². The Morgan fingerprint density at radius 2 is 1.62 bits per heavy atom. The fourth-order valence-corrected chi connectivity index (χ4v) is 2.38. The minimum absolute atomic E-state index is 0.0436. The molecule has 0 radical (unpaired) electrons. The maximum atomic E-state index is 12.5. The second-order valence-electron chi connectivity index (χ2n) is 4.87. The van der Waals surface area contributed by atoms with Crippen molar-refractivity contribution in [2.45, 2.75) is 6.92 Å². The first kappa shape index (κ1) is 13.1. The Morgan fingerprint density at radius 1 is 0.905 bits per heavy atom. The van der Waals surface area contributed by atoms with Gasteiger partial charge >= 0.3 is 5.91 Å². The lowest BCUT2D eigenvalue weighted by atomic mass is 10.1. The van der Waals surface area contributed by atoms with Crippen molar-refractivity contribution in [1.29, 1.82) is 0 Å². The Kier molecular flexibility index (Phi) is 3.06. The van der Waals surface area contributed by atoms with Crippen LogP contribution < -0.4 is 4.90 Å². The average Bonchev–Trinajstić information content (AvgIpc) is 2.70. The van der Waals surface area contributed by atoms with Crippen LogP contribution in [0, 0.1) is 6.92 Å². The highest BCUT2D eigenvalue weighted by Gasteiger charge is 2.40. The molecule has 2 aromatic rings. The van der Waals surface area contributed by atoms with Crippen molar-refractivity contribution in [1.82, 2.24) is 0 Å². The summed E-state index contributed by atoms with van der Waals surface area (Å²) >= 11 is 0. The van der Waals surface area contributed by atoms with Crippen LogP contribution in [0.1, 0.15) is 11.1 Å². The van der Waals surface area contributed by atoms with Gasteiger partial charge in [-0.2, -0.15) is 0 Å². The van der Waals surface area contributed by atoms with Crippen LogP contribution in [0.4, 0.5) is 5.69 Å². The summed E-state index contributed by atoms with van der Waals surface area (Å²) < 4.78 is 0. The van der Waals surface area contributed by atoms with E-state index in [0.717, 1.165) is 10.5 Å². The SMILES string of the molecule is Cc1cccc(N2C(=O)C(O)=C(c3ccccc3)C2=O)c1. The molecule has 0 saturated carbocycles. The summed E-state index contributed by atoms with van der Waals surface area (Å²) in [5, 5.41) is 10.0. The quantitative estimate of drug-likeness (QED) is 0.860. The summed E-state index contributed by atoms with van der Waals surface area (Å²) in [6.45, 7) is 1.87. The fourth-order valence-electron chi connectivity index (χ4n) is 2.38. The maximum absolute atomic E-state index is 12.5. The average molecular weight is 279 g/mol. The number of carbonyl (C=O) groups is 2. The van der Waals surface area contributed by atoms with Gasteiger partial charge in [-0.15, -0.1) is 0 Å². The van der Waals surface area contributed by atoms with Crippen LogP contribution in [0.3, 0.4) is 0 Å². The third-order valence-corrected chi connectivity index (χ3v) is 3.38. The number of amides is 2. The molecule has 4 nitrogen and oxygen atoms in total. The van der Waals surface area contributed by atoms with E-state index in [1.807, 2.05) is 13.0 Å². The lowest BCUT2D eigenvalue weighted by molar-refractivity contribution is -0.121. The molecule has 1 heterocycles. The number of nitrogens with zero attached hydrogens (tertiary/aromatic N) is 1. The van der Waals surface area contributed by atoms with Gasteiger partial charge in [0.25, 0.3) is 5.91 Å². The minimum Gasteiger partial charge on any atom is -0.502 e. The van der Waals surface area contributed by atoms with Crippen molar-refractivity contribution in [2.24, 2.45) is 0 Å². The molecule has 1 aliphatic rings. The van der Waals surface area contributed by atoms with E-state index in [9.17, 15) is 14.7 Å². The third kappa shape index (κ3) is 2.10. The molecule has 104 valence electrons. The lowest BCUT2D eigenvalue weighted by Gasteiger charge is -2.15. The monoisotopic (exact) mass is 279 g/mol. The number of imide groups is 1. The van der Waals surface area contributed by atoms with E-state index in [4.69, 9.17) is 0 Å². The highest BCUT2D eigenvalue weighted by atomic mass is 16.3. The van der Waals surface area contributed by atoms with E-state index in [-0.39, 0.29) is 5.57 Å². The van der Waals surface area contributed by atoms with Gasteiger partial charge in [-0.3, -0.25) is 9.59 Å². The van der Waals surface area contributed by atoms with Crippen LogP contribution in [0.25, 0.3) is 5.57 Å². The largest absolute Gasteiger partial charge is 0.502 e. The van der Waals surface area contributed by atoms with E-state index < -0.39 is 17.6 Å². The van der Waals surface area contributed by atoms with Gasteiger partial charge in [-0.05, 0) is 30.2 Å². The number of hydrogen-bond donors (Lipinski definition) is 1. The molecule has 0 aromatic heterocycles. The van der Waals surface area contributed by atoms with Gasteiger partial charge in [0.1, 0.15) is 0 Å². The van der Waals surface area contributed by atoms with Crippen molar-refractivity contribution < 1.29 is 14.7 Å². The molecule has 21 heavy (non-hydrogen) atoms. The third-order valence-electron chi connectivity index (χ3n) is 3.38. The highest BCUT2D eigenvalue weighted by Crippen LogP contribution is 2.31. The first-order chi connectivity index (χ1) is 10.1. The molecule has 2 amide bonds. The number of benzene rings is 2. The Labute approximate surface area is 121 Å². The first-order valence-corrected chi connectivity index (χ1v) is 6.53. The smallest absolute Gasteiger partial charge is 0.301 e. The second-order valence-corrected chi connectivity index (χ2v) is 4.87. The summed E-state index contributed by atoms with van der Waals surface area (Å²) in [4.78, 5) is 25.7. The summed E-state index contributed by atoms with van der Waals surface area (Å²) in [5.41, 5.74) is 1.97. The number of carbonyl (C=O) groups excluding carboxylic acids is 2. The van der Waals surface area contributed by atoms with Gasteiger partial charge in [0.15, 0.2) is 5.76 Å². The van der Waals surface area contributed by atoms with E-state index in [1.54, 1.807) is 48.5 Å². The van der Waals surface area contributed by atoms with Gasteiger partial charge < -0.3 is 5.11 Å². The van der Waals surface area contributed by atoms with Crippen LogP contribution in [-0.2, 0) is 9.59 Å². The van der Waals surface area contributed by atoms with Gasteiger partial charge in [0.05, 0.1) is 11.3 Å². The molecule has 0 fully saturated rings. The van der Waals surface area contributed by atoms with Crippen molar-refractivity contribution in [3.63, 3.8) is 0 Å². The van der Waals surface area contributed by atoms with Crippen LogP contribution in [-0.4, -0.2) is 16.9 Å². The lowest BCUT2D eigenvalue weighted by Crippen LogP contribution is -2.31. The van der Waals surface area contributed by atoms with E-state index in [1.165, 1.54) is 0 Å². The van der Waals surface area contributed by atoms with E-state index >= 15 is 0 Å². The van der Waals surface area contributed by atoms with Gasteiger partial charge in [0.2, 0.25) is 0 Å².